The average molecular weight is 438 g/mol. The second-order valence-corrected chi connectivity index (χ2v) is 8.26. The van der Waals surface area contributed by atoms with Crippen LogP contribution in [0.2, 0.25) is 0 Å². The molecule has 32 heavy (non-hydrogen) atoms. The number of benzene rings is 2. The highest BCUT2D eigenvalue weighted by molar-refractivity contribution is 5.94. The molecule has 170 valence electrons. The Morgan fingerprint density at radius 1 is 1.00 bits per heavy atom. The van der Waals surface area contributed by atoms with Crippen LogP contribution in [0.4, 0.5) is 5.69 Å². The molecule has 2 aliphatic heterocycles. The van der Waals surface area contributed by atoms with Crippen LogP contribution in [0.1, 0.15) is 28.8 Å². The van der Waals surface area contributed by atoms with Gasteiger partial charge >= 0.3 is 0 Å². The lowest BCUT2D eigenvalue weighted by atomic mass is 10.0. The number of para-hydroxylation sites is 1. The molecule has 2 aliphatic rings. The van der Waals surface area contributed by atoms with Crippen molar-refractivity contribution in [1.29, 1.82) is 0 Å². The van der Waals surface area contributed by atoms with Crippen LogP contribution in [0.15, 0.2) is 48.5 Å². The second-order valence-electron chi connectivity index (χ2n) is 8.26. The molecule has 0 aliphatic carbocycles. The van der Waals surface area contributed by atoms with Crippen LogP contribution >= 0.6 is 0 Å². The highest BCUT2D eigenvalue weighted by Crippen LogP contribution is 2.20. The number of hydrogen-bond donors (Lipinski definition) is 1. The van der Waals surface area contributed by atoms with Gasteiger partial charge in [-0.15, -0.1) is 0 Å². The Hall–Kier alpha value is -3.06. The van der Waals surface area contributed by atoms with Crippen molar-refractivity contribution in [3.63, 3.8) is 0 Å². The van der Waals surface area contributed by atoms with Crippen LogP contribution in [0.3, 0.4) is 0 Å². The third-order valence-corrected chi connectivity index (χ3v) is 6.22. The fourth-order valence-corrected chi connectivity index (χ4v) is 4.31. The van der Waals surface area contributed by atoms with Crippen molar-refractivity contribution in [3.05, 3.63) is 59.7 Å². The maximum Gasteiger partial charge on any atom is 0.251 e. The van der Waals surface area contributed by atoms with E-state index in [0.29, 0.717) is 25.1 Å². The Morgan fingerprint density at radius 2 is 1.69 bits per heavy atom. The van der Waals surface area contributed by atoms with Crippen molar-refractivity contribution in [3.8, 4) is 5.75 Å². The zero-order chi connectivity index (χ0) is 22.3. The molecule has 7 heteroatoms. The van der Waals surface area contributed by atoms with E-state index in [2.05, 4.69) is 10.2 Å². The van der Waals surface area contributed by atoms with E-state index in [0.717, 1.165) is 56.1 Å². The summed E-state index contributed by atoms with van der Waals surface area (Å²) in [5.74, 6) is 0.776. The van der Waals surface area contributed by atoms with Crippen LogP contribution < -0.4 is 15.0 Å². The summed E-state index contributed by atoms with van der Waals surface area (Å²) in [5.41, 5.74) is 2.68. The van der Waals surface area contributed by atoms with Gasteiger partial charge in [0.15, 0.2) is 0 Å². The van der Waals surface area contributed by atoms with E-state index in [1.165, 1.54) is 0 Å². The number of likely N-dealkylation sites (tertiary alicyclic amines) is 1. The fourth-order valence-electron chi connectivity index (χ4n) is 4.31. The summed E-state index contributed by atoms with van der Waals surface area (Å²) in [6, 6.07) is 15.5. The molecule has 4 rings (SSSR count). The monoisotopic (exact) mass is 437 g/mol. The summed E-state index contributed by atoms with van der Waals surface area (Å²) >= 11 is 0. The molecule has 2 amide bonds. The summed E-state index contributed by atoms with van der Waals surface area (Å²) < 4.78 is 10.7. The van der Waals surface area contributed by atoms with E-state index >= 15 is 0 Å². The summed E-state index contributed by atoms with van der Waals surface area (Å²) in [6.07, 6.45) is 1.85. The van der Waals surface area contributed by atoms with Crippen LogP contribution in [-0.2, 0) is 16.0 Å². The molecule has 0 radical (unpaired) electrons. The number of nitrogens with zero attached hydrogens (tertiary/aromatic N) is 2. The number of morpholine rings is 1. The number of carbonyl (C=O) groups is 2. The third-order valence-electron chi connectivity index (χ3n) is 6.22. The first-order chi connectivity index (χ1) is 15.6. The molecule has 0 saturated carbocycles. The molecule has 2 aromatic rings. The molecule has 2 saturated heterocycles. The maximum atomic E-state index is 12.7. The van der Waals surface area contributed by atoms with Gasteiger partial charge in [-0.2, -0.15) is 0 Å². The van der Waals surface area contributed by atoms with E-state index in [-0.39, 0.29) is 17.9 Å². The highest BCUT2D eigenvalue weighted by atomic mass is 16.5. The predicted octanol–water partition coefficient (Wildman–Crippen LogP) is 2.50. The summed E-state index contributed by atoms with van der Waals surface area (Å²) in [5, 5.41) is 3.13. The van der Waals surface area contributed by atoms with Crippen LogP contribution in [0, 0.1) is 0 Å². The normalized spacial score (nSPS) is 17.2. The number of rotatable bonds is 6. The van der Waals surface area contributed by atoms with Crippen molar-refractivity contribution in [2.75, 3.05) is 51.4 Å². The molecule has 0 spiro atoms. The predicted molar refractivity (Wildman–Crippen MR) is 123 cm³/mol. The molecule has 0 atom stereocenters. The number of amides is 2. The summed E-state index contributed by atoms with van der Waals surface area (Å²) in [7, 11) is 1.62. The number of carbonyl (C=O) groups excluding carboxylic acids is 2. The Balaban J connectivity index is 1.25. The van der Waals surface area contributed by atoms with Crippen LogP contribution in [0.5, 0.6) is 5.75 Å². The van der Waals surface area contributed by atoms with Crippen molar-refractivity contribution in [2.45, 2.75) is 25.3 Å². The van der Waals surface area contributed by atoms with E-state index < -0.39 is 0 Å². The van der Waals surface area contributed by atoms with Crippen molar-refractivity contribution < 1.29 is 19.1 Å². The van der Waals surface area contributed by atoms with Crippen LogP contribution in [-0.4, -0.2) is 69.3 Å². The molecule has 0 unspecified atom stereocenters. The SMILES string of the molecule is COc1ccccc1CC(=O)N1CCC(NC(=O)c2ccc(N3CCOCC3)cc2)CC1. The Labute approximate surface area is 189 Å². The standard InChI is InChI=1S/C25H31N3O4/c1-31-23-5-3-2-4-20(23)18-24(29)28-12-10-21(11-13-28)26-25(30)19-6-8-22(9-7-19)27-14-16-32-17-15-27/h2-9,21H,10-18H2,1H3,(H,26,30). The van der Waals surface area contributed by atoms with Gasteiger partial charge < -0.3 is 24.6 Å². The minimum absolute atomic E-state index is 0.0580. The molecule has 0 bridgehead atoms. The van der Waals surface area contributed by atoms with Gasteiger partial charge in [-0.3, -0.25) is 9.59 Å². The van der Waals surface area contributed by atoms with Crippen molar-refractivity contribution in [1.82, 2.24) is 10.2 Å². The van der Waals surface area contributed by atoms with Gasteiger partial charge in [0.05, 0.1) is 26.7 Å². The highest BCUT2D eigenvalue weighted by Gasteiger charge is 2.25. The van der Waals surface area contributed by atoms with Gasteiger partial charge in [-0.25, -0.2) is 0 Å². The van der Waals surface area contributed by atoms with Gasteiger partial charge in [0.2, 0.25) is 5.91 Å². The molecular formula is C25H31N3O4. The molecule has 0 aromatic heterocycles. The van der Waals surface area contributed by atoms with Gasteiger partial charge in [-0.05, 0) is 43.2 Å². The molecule has 1 N–H and O–H groups in total. The number of methoxy groups -OCH3 is 1. The van der Waals surface area contributed by atoms with E-state index in [4.69, 9.17) is 9.47 Å². The van der Waals surface area contributed by atoms with Crippen LogP contribution in [0.25, 0.3) is 0 Å². The minimum atomic E-state index is -0.0580. The van der Waals surface area contributed by atoms with E-state index in [9.17, 15) is 9.59 Å². The number of nitrogens with one attached hydrogen (secondary N) is 1. The average Bonchev–Trinajstić information content (AvgIpc) is 2.85. The lowest BCUT2D eigenvalue weighted by molar-refractivity contribution is -0.131. The number of piperidine rings is 1. The van der Waals surface area contributed by atoms with Gasteiger partial charge in [0, 0.05) is 49.0 Å². The Morgan fingerprint density at radius 3 is 2.38 bits per heavy atom. The summed E-state index contributed by atoms with van der Waals surface area (Å²) in [4.78, 5) is 29.6. The topological polar surface area (TPSA) is 71.1 Å². The number of anilines is 1. The Bertz CT molecular complexity index is 917. The van der Waals surface area contributed by atoms with Crippen molar-refractivity contribution >= 4 is 17.5 Å². The first kappa shape index (κ1) is 22.1. The zero-order valence-corrected chi connectivity index (χ0v) is 18.6. The maximum absolute atomic E-state index is 12.7. The lowest BCUT2D eigenvalue weighted by Crippen LogP contribution is -2.47. The summed E-state index contributed by atoms with van der Waals surface area (Å²) in [6.45, 7) is 4.52. The third kappa shape index (κ3) is 5.40. The molecule has 2 aromatic carbocycles. The van der Waals surface area contributed by atoms with E-state index in [1.807, 2.05) is 53.4 Å². The van der Waals surface area contributed by atoms with Gasteiger partial charge in [-0.1, -0.05) is 18.2 Å². The molecular weight excluding hydrogens is 406 g/mol. The quantitative estimate of drug-likeness (QED) is 0.752. The molecule has 2 fully saturated rings. The molecule has 7 nitrogen and oxygen atoms in total. The zero-order valence-electron chi connectivity index (χ0n) is 18.6. The fraction of sp³-hybridized carbons (Fsp3) is 0.440. The number of hydrogen-bond acceptors (Lipinski definition) is 5. The van der Waals surface area contributed by atoms with Gasteiger partial charge in [0.1, 0.15) is 5.75 Å². The van der Waals surface area contributed by atoms with Crippen molar-refractivity contribution in [2.24, 2.45) is 0 Å². The minimum Gasteiger partial charge on any atom is -0.496 e. The Kier molecular flexibility index (Phi) is 7.27. The van der Waals surface area contributed by atoms with Gasteiger partial charge in [0.25, 0.3) is 5.91 Å². The first-order valence-corrected chi connectivity index (χ1v) is 11.3. The number of ether oxygens (including phenoxy) is 2. The smallest absolute Gasteiger partial charge is 0.251 e. The largest absolute Gasteiger partial charge is 0.496 e. The molecule has 2 heterocycles. The first-order valence-electron chi connectivity index (χ1n) is 11.3. The van der Waals surface area contributed by atoms with E-state index in [1.54, 1.807) is 7.11 Å². The lowest BCUT2D eigenvalue weighted by Gasteiger charge is -2.32. The second kappa shape index (κ2) is 10.5.